The average Bonchev–Trinajstić information content (AvgIpc) is 2.64. The van der Waals surface area contributed by atoms with E-state index in [1.807, 2.05) is 61.2 Å². The molecule has 26 heavy (non-hydrogen) atoms. The lowest BCUT2D eigenvalue weighted by atomic mass is 10.2. The number of carbonyl (C=O) groups is 1. The zero-order valence-corrected chi connectivity index (χ0v) is 16.3. The molecule has 0 bridgehead atoms. The number of nitrogens with one attached hydrogen (secondary N) is 1. The summed E-state index contributed by atoms with van der Waals surface area (Å²) in [4.78, 5) is 12.1. The summed E-state index contributed by atoms with van der Waals surface area (Å²) in [6.45, 7) is 1.89. The number of hydrazone groups is 1. The summed E-state index contributed by atoms with van der Waals surface area (Å²) in [5.41, 5.74) is 4.73. The van der Waals surface area contributed by atoms with Crippen molar-refractivity contribution in [3.8, 4) is 5.75 Å². The van der Waals surface area contributed by atoms with Gasteiger partial charge in [0.25, 0.3) is 5.91 Å². The molecule has 6 heteroatoms. The third-order valence-corrected chi connectivity index (χ3v) is 6.30. The highest BCUT2D eigenvalue weighted by Gasteiger charge is 2.19. The molecule has 1 N–H and O–H groups in total. The standard InChI is InChI=1S/C20H22N2O2S2/c1-15(26-12-16-6-3-2-4-7-16)20(23)22-21-11-17-8-5-9-18(10-17)24-19-13-25-14-19/h2-11,15,19H,12-14H2,1H3,(H,22,23)/b21-11+. The van der Waals surface area contributed by atoms with Crippen LogP contribution in [0.2, 0.25) is 0 Å². The Morgan fingerprint density at radius 1 is 1.31 bits per heavy atom. The first-order valence-electron chi connectivity index (χ1n) is 8.53. The Hall–Kier alpha value is -1.92. The molecule has 1 amide bonds. The molecule has 1 atom stereocenters. The Morgan fingerprint density at radius 3 is 2.85 bits per heavy atom. The van der Waals surface area contributed by atoms with Crippen molar-refractivity contribution in [2.24, 2.45) is 5.10 Å². The smallest absolute Gasteiger partial charge is 0.252 e. The van der Waals surface area contributed by atoms with E-state index in [-0.39, 0.29) is 11.2 Å². The predicted molar refractivity (Wildman–Crippen MR) is 111 cm³/mol. The van der Waals surface area contributed by atoms with Crippen LogP contribution in [0.3, 0.4) is 0 Å². The molecule has 0 saturated carbocycles. The van der Waals surface area contributed by atoms with Crippen molar-refractivity contribution >= 4 is 35.6 Å². The third kappa shape index (κ3) is 5.81. The van der Waals surface area contributed by atoms with E-state index in [1.165, 1.54) is 5.56 Å². The second kappa shape index (κ2) is 9.69. The first-order valence-corrected chi connectivity index (χ1v) is 10.7. The van der Waals surface area contributed by atoms with Gasteiger partial charge in [-0.15, -0.1) is 11.8 Å². The minimum atomic E-state index is -0.168. The molecule has 0 aromatic heterocycles. The van der Waals surface area contributed by atoms with Gasteiger partial charge in [-0.1, -0.05) is 42.5 Å². The van der Waals surface area contributed by atoms with E-state index in [2.05, 4.69) is 22.7 Å². The molecule has 3 rings (SSSR count). The summed E-state index contributed by atoms with van der Waals surface area (Å²) in [7, 11) is 0. The van der Waals surface area contributed by atoms with E-state index in [0.29, 0.717) is 6.10 Å². The third-order valence-electron chi connectivity index (χ3n) is 3.87. The fourth-order valence-electron chi connectivity index (χ4n) is 2.28. The number of hydrogen-bond acceptors (Lipinski definition) is 5. The van der Waals surface area contributed by atoms with Gasteiger partial charge in [-0.25, -0.2) is 5.43 Å². The maximum Gasteiger partial charge on any atom is 0.252 e. The van der Waals surface area contributed by atoms with Gasteiger partial charge in [0.2, 0.25) is 0 Å². The highest BCUT2D eigenvalue weighted by molar-refractivity contribution is 8.00. The van der Waals surface area contributed by atoms with Crippen molar-refractivity contribution < 1.29 is 9.53 Å². The number of benzene rings is 2. The second-order valence-electron chi connectivity index (χ2n) is 6.02. The number of carbonyl (C=O) groups excluding carboxylic acids is 1. The van der Waals surface area contributed by atoms with Crippen molar-refractivity contribution in [2.75, 3.05) is 11.5 Å². The maximum absolute atomic E-state index is 12.1. The monoisotopic (exact) mass is 386 g/mol. The minimum Gasteiger partial charge on any atom is -0.489 e. The summed E-state index contributed by atoms with van der Waals surface area (Å²) in [5, 5.41) is 3.91. The number of thioether (sulfide) groups is 2. The van der Waals surface area contributed by atoms with Crippen LogP contribution in [-0.4, -0.2) is 35.0 Å². The normalized spacial score (nSPS) is 15.4. The van der Waals surface area contributed by atoms with Crippen LogP contribution in [0.4, 0.5) is 0 Å². The number of rotatable bonds is 8. The second-order valence-corrected chi connectivity index (χ2v) is 8.43. The van der Waals surface area contributed by atoms with Gasteiger partial charge >= 0.3 is 0 Å². The molecular weight excluding hydrogens is 364 g/mol. The van der Waals surface area contributed by atoms with Gasteiger partial charge in [0.05, 0.1) is 11.5 Å². The largest absolute Gasteiger partial charge is 0.489 e. The Labute approximate surface area is 162 Å². The Bertz CT molecular complexity index is 748. The van der Waals surface area contributed by atoms with E-state index in [4.69, 9.17) is 4.74 Å². The van der Waals surface area contributed by atoms with E-state index < -0.39 is 0 Å². The van der Waals surface area contributed by atoms with Crippen molar-refractivity contribution in [3.05, 3.63) is 65.7 Å². The lowest BCUT2D eigenvalue weighted by molar-refractivity contribution is -0.120. The predicted octanol–water partition coefficient (Wildman–Crippen LogP) is 3.95. The van der Waals surface area contributed by atoms with Gasteiger partial charge in [0, 0.05) is 17.3 Å². The molecule has 2 aromatic carbocycles. The quantitative estimate of drug-likeness (QED) is 0.551. The molecule has 1 aliphatic heterocycles. The zero-order chi connectivity index (χ0) is 18.2. The molecule has 1 aliphatic rings. The topological polar surface area (TPSA) is 50.7 Å². The Morgan fingerprint density at radius 2 is 2.12 bits per heavy atom. The van der Waals surface area contributed by atoms with Crippen LogP contribution in [0.1, 0.15) is 18.1 Å². The van der Waals surface area contributed by atoms with Crippen LogP contribution in [0, 0.1) is 0 Å². The Balaban J connectivity index is 1.45. The molecule has 1 unspecified atom stereocenters. The van der Waals surface area contributed by atoms with Gasteiger partial charge in [-0.2, -0.15) is 16.9 Å². The van der Waals surface area contributed by atoms with Gasteiger partial charge in [0.15, 0.2) is 0 Å². The molecule has 2 aromatic rings. The molecule has 1 heterocycles. The molecule has 0 radical (unpaired) electrons. The minimum absolute atomic E-state index is 0.0962. The van der Waals surface area contributed by atoms with Gasteiger partial charge in [0.1, 0.15) is 11.9 Å². The molecule has 1 fully saturated rings. The van der Waals surface area contributed by atoms with Crippen LogP contribution in [0.25, 0.3) is 0 Å². The van der Waals surface area contributed by atoms with E-state index in [9.17, 15) is 4.79 Å². The first kappa shape index (κ1) is 18.9. The fraction of sp³-hybridized carbons (Fsp3) is 0.300. The Kier molecular flexibility index (Phi) is 7.03. The fourth-order valence-corrected chi connectivity index (χ4v) is 3.68. The number of ether oxygens (including phenoxy) is 1. The van der Waals surface area contributed by atoms with Crippen molar-refractivity contribution in [3.63, 3.8) is 0 Å². The number of amides is 1. The van der Waals surface area contributed by atoms with E-state index in [1.54, 1.807) is 18.0 Å². The summed E-state index contributed by atoms with van der Waals surface area (Å²) < 4.78 is 5.86. The molecule has 136 valence electrons. The molecule has 0 spiro atoms. The number of nitrogens with zero attached hydrogens (tertiary/aromatic N) is 1. The van der Waals surface area contributed by atoms with Crippen LogP contribution in [0.5, 0.6) is 5.75 Å². The van der Waals surface area contributed by atoms with Gasteiger partial charge in [-0.05, 0) is 30.2 Å². The average molecular weight is 387 g/mol. The van der Waals surface area contributed by atoms with Gasteiger partial charge in [-0.3, -0.25) is 4.79 Å². The summed E-state index contributed by atoms with van der Waals surface area (Å²) in [6, 6.07) is 17.9. The summed E-state index contributed by atoms with van der Waals surface area (Å²) in [6.07, 6.45) is 1.96. The summed E-state index contributed by atoms with van der Waals surface area (Å²) in [5.74, 6) is 3.65. The molecule has 0 aliphatic carbocycles. The zero-order valence-electron chi connectivity index (χ0n) is 14.6. The van der Waals surface area contributed by atoms with Crippen molar-refractivity contribution in [1.82, 2.24) is 5.43 Å². The summed E-state index contributed by atoms with van der Waals surface area (Å²) >= 11 is 3.48. The lowest BCUT2D eigenvalue weighted by Crippen LogP contribution is -2.31. The van der Waals surface area contributed by atoms with Crippen molar-refractivity contribution in [1.29, 1.82) is 0 Å². The highest BCUT2D eigenvalue weighted by Crippen LogP contribution is 2.24. The molecule has 4 nitrogen and oxygen atoms in total. The van der Waals surface area contributed by atoms with Crippen LogP contribution < -0.4 is 10.2 Å². The first-order chi connectivity index (χ1) is 12.7. The lowest BCUT2D eigenvalue weighted by Gasteiger charge is -2.25. The van der Waals surface area contributed by atoms with Crippen LogP contribution >= 0.6 is 23.5 Å². The molecule has 1 saturated heterocycles. The van der Waals surface area contributed by atoms with E-state index >= 15 is 0 Å². The molecular formula is C20H22N2O2S2. The van der Waals surface area contributed by atoms with Crippen LogP contribution in [-0.2, 0) is 10.5 Å². The maximum atomic E-state index is 12.1. The number of hydrogen-bond donors (Lipinski definition) is 1. The van der Waals surface area contributed by atoms with Crippen LogP contribution in [0.15, 0.2) is 59.7 Å². The van der Waals surface area contributed by atoms with Gasteiger partial charge < -0.3 is 4.74 Å². The highest BCUT2D eigenvalue weighted by atomic mass is 32.2. The van der Waals surface area contributed by atoms with Crippen molar-refractivity contribution in [2.45, 2.75) is 24.0 Å². The van der Waals surface area contributed by atoms with E-state index in [0.717, 1.165) is 28.6 Å². The SMILES string of the molecule is CC(SCc1ccccc1)C(=O)N/N=C/c1cccc(OC2CSC2)c1.